The van der Waals surface area contributed by atoms with E-state index in [1.165, 1.54) is 0 Å². The van der Waals surface area contributed by atoms with Gasteiger partial charge in [0.15, 0.2) is 0 Å². The molecule has 2 heterocycles. The first-order valence-electron chi connectivity index (χ1n) is 7.82. The molecule has 0 unspecified atom stereocenters. The van der Waals surface area contributed by atoms with Crippen LogP contribution in [-0.4, -0.2) is 54.3 Å². The monoisotopic (exact) mass is 344 g/mol. The molecule has 24 heavy (non-hydrogen) atoms. The van der Waals surface area contributed by atoms with E-state index in [1.54, 1.807) is 24.5 Å². The fourth-order valence-corrected chi connectivity index (χ4v) is 3.26. The maximum atomic E-state index is 12.3. The lowest BCUT2D eigenvalue weighted by atomic mass is 10.2. The second kappa shape index (κ2) is 7.44. The lowest BCUT2D eigenvalue weighted by Gasteiger charge is -2.33. The number of carbonyl (C=O) groups is 1. The highest BCUT2D eigenvalue weighted by molar-refractivity contribution is 7.15. The van der Waals surface area contributed by atoms with Gasteiger partial charge in [-0.05, 0) is 30.7 Å². The molecule has 0 spiro atoms. The number of ether oxygens (including phenoxy) is 1. The summed E-state index contributed by atoms with van der Waals surface area (Å²) in [5.41, 5.74) is 0.979. The number of aryl methyl sites for hydroxylation is 1. The highest BCUT2D eigenvalue weighted by Crippen LogP contribution is 2.21. The van der Waals surface area contributed by atoms with Crippen LogP contribution in [0.5, 0.6) is 5.75 Å². The van der Waals surface area contributed by atoms with E-state index >= 15 is 0 Å². The zero-order valence-corrected chi connectivity index (χ0v) is 14.6. The average molecular weight is 344 g/mol. The molecule has 2 aromatic rings. The Labute approximate surface area is 145 Å². The summed E-state index contributed by atoms with van der Waals surface area (Å²) < 4.78 is 5.13. The van der Waals surface area contributed by atoms with E-state index < -0.39 is 0 Å². The van der Waals surface area contributed by atoms with Crippen molar-refractivity contribution in [1.82, 2.24) is 15.1 Å². The largest absolute Gasteiger partial charge is 0.497 e. The van der Waals surface area contributed by atoms with Gasteiger partial charge in [-0.1, -0.05) is 23.5 Å². The fraction of sp³-hybridized carbons (Fsp3) is 0.353. The molecule has 1 aromatic carbocycles. The topological polar surface area (TPSA) is 58.6 Å². The molecule has 6 nitrogen and oxygen atoms in total. The summed E-state index contributed by atoms with van der Waals surface area (Å²) in [7, 11) is 1.64. The zero-order chi connectivity index (χ0) is 16.9. The van der Waals surface area contributed by atoms with Crippen LogP contribution in [0.4, 0.5) is 5.13 Å². The van der Waals surface area contributed by atoms with Crippen molar-refractivity contribution in [1.29, 1.82) is 0 Å². The molecule has 1 aromatic heterocycles. The summed E-state index contributed by atoms with van der Waals surface area (Å²) in [5, 5.41) is 10.1. The lowest BCUT2D eigenvalue weighted by Crippen LogP contribution is -2.48. The molecule has 0 atom stereocenters. The number of rotatable bonds is 4. The summed E-state index contributed by atoms with van der Waals surface area (Å²) >= 11 is 1.59. The molecule has 7 heteroatoms. The second-order valence-corrected chi connectivity index (χ2v) is 6.68. The minimum atomic E-state index is 0.0407. The summed E-state index contributed by atoms with van der Waals surface area (Å²) in [6, 6.07) is 7.62. The fourth-order valence-electron chi connectivity index (χ4n) is 2.52. The summed E-state index contributed by atoms with van der Waals surface area (Å²) in [6.07, 6.45) is 3.47. The standard InChI is InChI=1S/C17H20N4O2S/c1-13-18-19-17(24-13)21-11-9-20(10-12-21)16(22)8-5-14-3-6-15(23-2)7-4-14/h3-8H,9-12H2,1-2H3/b8-5+. The van der Waals surface area contributed by atoms with Crippen molar-refractivity contribution in [3.05, 3.63) is 40.9 Å². The van der Waals surface area contributed by atoms with Gasteiger partial charge in [-0.25, -0.2) is 0 Å². The number of benzene rings is 1. The maximum Gasteiger partial charge on any atom is 0.246 e. The van der Waals surface area contributed by atoms with Crippen LogP contribution in [0.2, 0.25) is 0 Å². The summed E-state index contributed by atoms with van der Waals surface area (Å²) in [4.78, 5) is 16.4. The van der Waals surface area contributed by atoms with E-state index in [1.807, 2.05) is 42.2 Å². The van der Waals surface area contributed by atoms with Crippen LogP contribution >= 0.6 is 11.3 Å². The number of hydrogen-bond acceptors (Lipinski definition) is 6. The van der Waals surface area contributed by atoms with Crippen LogP contribution in [0.15, 0.2) is 30.3 Å². The van der Waals surface area contributed by atoms with Crippen molar-refractivity contribution in [2.45, 2.75) is 6.92 Å². The Morgan fingerprint density at radius 3 is 2.46 bits per heavy atom. The third kappa shape index (κ3) is 3.91. The highest BCUT2D eigenvalue weighted by atomic mass is 32.1. The average Bonchev–Trinajstić information content (AvgIpc) is 3.06. The molecular formula is C17H20N4O2S. The normalized spacial score (nSPS) is 15.1. The predicted octanol–water partition coefficient (Wildman–Crippen LogP) is 2.22. The number of nitrogens with zero attached hydrogens (tertiary/aromatic N) is 4. The number of aromatic nitrogens is 2. The van der Waals surface area contributed by atoms with Gasteiger partial charge in [-0.3, -0.25) is 4.79 Å². The van der Waals surface area contributed by atoms with Crippen molar-refractivity contribution in [3.63, 3.8) is 0 Å². The van der Waals surface area contributed by atoms with Crippen LogP contribution in [0.1, 0.15) is 10.6 Å². The molecule has 0 radical (unpaired) electrons. The van der Waals surface area contributed by atoms with E-state index in [4.69, 9.17) is 4.74 Å². The zero-order valence-electron chi connectivity index (χ0n) is 13.8. The highest BCUT2D eigenvalue weighted by Gasteiger charge is 2.21. The second-order valence-electron chi connectivity index (χ2n) is 5.52. The van der Waals surface area contributed by atoms with Crippen LogP contribution in [-0.2, 0) is 4.79 Å². The van der Waals surface area contributed by atoms with Crippen molar-refractivity contribution in [2.24, 2.45) is 0 Å². The van der Waals surface area contributed by atoms with Gasteiger partial charge in [0.1, 0.15) is 10.8 Å². The molecule has 1 saturated heterocycles. The Kier molecular flexibility index (Phi) is 5.10. The molecular weight excluding hydrogens is 324 g/mol. The van der Waals surface area contributed by atoms with E-state index in [-0.39, 0.29) is 5.91 Å². The van der Waals surface area contributed by atoms with Crippen LogP contribution in [0.25, 0.3) is 6.08 Å². The Hall–Kier alpha value is -2.41. The SMILES string of the molecule is COc1ccc(/C=C/C(=O)N2CCN(c3nnc(C)s3)CC2)cc1. The van der Waals surface area contributed by atoms with Gasteiger partial charge in [0, 0.05) is 32.3 Å². The molecule has 0 saturated carbocycles. The first-order valence-corrected chi connectivity index (χ1v) is 8.63. The molecule has 0 N–H and O–H groups in total. The van der Waals surface area contributed by atoms with Gasteiger partial charge in [-0.2, -0.15) is 0 Å². The Bertz CT molecular complexity index is 718. The van der Waals surface area contributed by atoms with Crippen LogP contribution in [0, 0.1) is 6.92 Å². The summed E-state index contributed by atoms with van der Waals surface area (Å²) in [5.74, 6) is 0.848. The minimum absolute atomic E-state index is 0.0407. The number of carbonyl (C=O) groups excluding carboxylic acids is 1. The molecule has 1 fully saturated rings. The molecule has 0 aliphatic carbocycles. The first-order chi connectivity index (χ1) is 11.7. The third-order valence-electron chi connectivity index (χ3n) is 3.91. The van der Waals surface area contributed by atoms with Crippen molar-refractivity contribution in [2.75, 3.05) is 38.2 Å². The van der Waals surface area contributed by atoms with Gasteiger partial charge in [-0.15, -0.1) is 10.2 Å². The van der Waals surface area contributed by atoms with E-state index in [0.717, 1.165) is 34.5 Å². The molecule has 0 bridgehead atoms. The molecule has 1 aliphatic rings. The third-order valence-corrected chi connectivity index (χ3v) is 4.81. The maximum absolute atomic E-state index is 12.3. The molecule has 3 rings (SSSR count). The number of amides is 1. The Morgan fingerprint density at radius 1 is 1.17 bits per heavy atom. The van der Waals surface area contributed by atoms with Gasteiger partial charge in [0.25, 0.3) is 0 Å². The van der Waals surface area contributed by atoms with Gasteiger partial charge >= 0.3 is 0 Å². The number of anilines is 1. The van der Waals surface area contributed by atoms with Gasteiger partial charge in [0.05, 0.1) is 7.11 Å². The predicted molar refractivity (Wildman–Crippen MR) is 95.5 cm³/mol. The Balaban J connectivity index is 1.53. The Morgan fingerprint density at radius 2 is 1.88 bits per heavy atom. The van der Waals surface area contributed by atoms with Crippen molar-refractivity contribution < 1.29 is 9.53 Å². The summed E-state index contributed by atoms with van der Waals surface area (Å²) in [6.45, 7) is 4.92. The quantitative estimate of drug-likeness (QED) is 0.796. The minimum Gasteiger partial charge on any atom is -0.497 e. The van der Waals surface area contributed by atoms with Crippen LogP contribution < -0.4 is 9.64 Å². The van der Waals surface area contributed by atoms with Crippen molar-refractivity contribution in [3.8, 4) is 5.75 Å². The molecule has 126 valence electrons. The van der Waals surface area contributed by atoms with Crippen LogP contribution in [0.3, 0.4) is 0 Å². The number of methoxy groups -OCH3 is 1. The van der Waals surface area contributed by atoms with Gasteiger partial charge in [0.2, 0.25) is 11.0 Å². The van der Waals surface area contributed by atoms with E-state index in [0.29, 0.717) is 13.1 Å². The number of piperazine rings is 1. The first kappa shape index (κ1) is 16.4. The number of hydrogen-bond donors (Lipinski definition) is 0. The lowest BCUT2D eigenvalue weighted by molar-refractivity contribution is -0.126. The van der Waals surface area contributed by atoms with Crippen molar-refractivity contribution >= 4 is 28.5 Å². The smallest absolute Gasteiger partial charge is 0.246 e. The van der Waals surface area contributed by atoms with Gasteiger partial charge < -0.3 is 14.5 Å². The molecule has 1 aliphatic heterocycles. The van der Waals surface area contributed by atoms with E-state index in [9.17, 15) is 4.79 Å². The molecule has 1 amide bonds. The van der Waals surface area contributed by atoms with E-state index in [2.05, 4.69) is 15.1 Å².